The van der Waals surface area contributed by atoms with Crippen LogP contribution in [-0.4, -0.2) is 25.2 Å². The minimum atomic E-state index is -2.72. The second-order valence-corrected chi connectivity index (χ2v) is 19.9. The van der Waals surface area contributed by atoms with Crippen molar-refractivity contribution in [2.75, 3.05) is 0 Å². The van der Waals surface area contributed by atoms with E-state index in [0.29, 0.717) is 5.19 Å². The summed E-state index contributed by atoms with van der Waals surface area (Å²) in [6, 6.07) is 5.35. The Hall–Kier alpha value is -0.279. The molecular weight excluding hydrogens is 303 g/mol. The topological polar surface area (TPSA) is 18.5 Å². The SMILES string of the molecule is Cc1ccc([Si](C)(O[Si](C)(C)C)O[Si](C)(C)C)c(F)c1. The van der Waals surface area contributed by atoms with Gasteiger partial charge >= 0.3 is 8.56 Å². The fourth-order valence-electron chi connectivity index (χ4n) is 2.29. The maximum atomic E-state index is 14.4. The summed E-state index contributed by atoms with van der Waals surface area (Å²) in [7, 11) is -6.35. The third-order valence-corrected chi connectivity index (χ3v) is 12.0. The lowest BCUT2D eigenvalue weighted by Crippen LogP contribution is -2.61. The van der Waals surface area contributed by atoms with E-state index in [1.807, 2.05) is 25.6 Å². The Morgan fingerprint density at radius 2 is 1.30 bits per heavy atom. The van der Waals surface area contributed by atoms with E-state index in [1.165, 1.54) is 0 Å². The molecule has 0 aliphatic heterocycles. The smallest absolute Gasteiger partial charge is 0.351 e. The zero-order valence-electron chi connectivity index (χ0n) is 13.9. The van der Waals surface area contributed by atoms with Crippen LogP contribution in [0.1, 0.15) is 5.56 Å². The number of hydrogen-bond donors (Lipinski definition) is 0. The molecule has 2 nitrogen and oxygen atoms in total. The first kappa shape index (κ1) is 17.8. The van der Waals surface area contributed by atoms with Crippen LogP contribution in [0.4, 0.5) is 4.39 Å². The van der Waals surface area contributed by atoms with Gasteiger partial charge in [-0.2, -0.15) is 0 Å². The Kier molecular flexibility index (Phi) is 5.19. The van der Waals surface area contributed by atoms with E-state index in [2.05, 4.69) is 39.3 Å². The molecule has 0 saturated carbocycles. The van der Waals surface area contributed by atoms with Gasteiger partial charge in [-0.1, -0.05) is 12.1 Å². The van der Waals surface area contributed by atoms with Crippen molar-refractivity contribution in [1.82, 2.24) is 0 Å². The van der Waals surface area contributed by atoms with Gasteiger partial charge in [-0.3, -0.25) is 0 Å². The van der Waals surface area contributed by atoms with Crippen molar-refractivity contribution in [2.24, 2.45) is 0 Å². The average Bonchev–Trinajstić information content (AvgIpc) is 2.09. The maximum Gasteiger partial charge on any atom is 0.351 e. The molecule has 0 aliphatic carbocycles. The molecular formula is C14H27FO2Si3. The Morgan fingerprint density at radius 1 is 0.850 bits per heavy atom. The monoisotopic (exact) mass is 330 g/mol. The number of aryl methyl sites for hydroxylation is 1. The summed E-state index contributed by atoms with van der Waals surface area (Å²) in [6.07, 6.45) is 0. The standard InChI is InChI=1S/C14H27FO2Si3/c1-12-9-10-14(13(15)11-12)20(8,16-18(2,3)4)17-19(5,6)7/h9-11H,1-8H3. The third kappa shape index (κ3) is 5.25. The second-order valence-electron chi connectivity index (χ2n) is 7.36. The van der Waals surface area contributed by atoms with Gasteiger partial charge in [-0.05, 0) is 64.4 Å². The van der Waals surface area contributed by atoms with Crippen LogP contribution >= 0.6 is 0 Å². The normalized spacial score (nSPS) is 13.7. The lowest BCUT2D eigenvalue weighted by atomic mass is 10.2. The van der Waals surface area contributed by atoms with Gasteiger partial charge in [-0.25, -0.2) is 4.39 Å². The molecule has 0 fully saturated rings. The predicted molar refractivity (Wildman–Crippen MR) is 91.3 cm³/mol. The molecule has 0 spiro atoms. The molecule has 0 heterocycles. The molecule has 0 N–H and O–H groups in total. The molecule has 1 aromatic rings. The van der Waals surface area contributed by atoms with Crippen LogP contribution in [0, 0.1) is 12.7 Å². The van der Waals surface area contributed by atoms with Crippen molar-refractivity contribution >= 4 is 30.4 Å². The van der Waals surface area contributed by atoms with Crippen LogP contribution < -0.4 is 5.19 Å². The van der Waals surface area contributed by atoms with E-state index >= 15 is 0 Å². The minimum absolute atomic E-state index is 0.198. The van der Waals surface area contributed by atoms with Crippen LogP contribution in [0.15, 0.2) is 18.2 Å². The van der Waals surface area contributed by atoms with Crippen LogP contribution in [0.5, 0.6) is 0 Å². The minimum Gasteiger partial charge on any atom is -0.433 e. The van der Waals surface area contributed by atoms with Gasteiger partial charge in [0.05, 0.1) is 0 Å². The van der Waals surface area contributed by atoms with Crippen molar-refractivity contribution < 1.29 is 12.6 Å². The molecule has 6 heteroatoms. The molecule has 114 valence electrons. The van der Waals surface area contributed by atoms with Gasteiger partial charge in [0.25, 0.3) is 0 Å². The largest absolute Gasteiger partial charge is 0.433 e. The zero-order valence-corrected chi connectivity index (χ0v) is 16.9. The first-order chi connectivity index (χ1) is 8.82. The third-order valence-electron chi connectivity index (χ3n) is 2.62. The van der Waals surface area contributed by atoms with Gasteiger partial charge in [0.15, 0.2) is 16.6 Å². The van der Waals surface area contributed by atoms with Crippen LogP contribution in [0.25, 0.3) is 0 Å². The van der Waals surface area contributed by atoms with Crippen molar-refractivity contribution in [2.45, 2.75) is 52.8 Å². The van der Waals surface area contributed by atoms with E-state index in [4.69, 9.17) is 8.23 Å². The van der Waals surface area contributed by atoms with Crippen molar-refractivity contribution in [3.8, 4) is 0 Å². The van der Waals surface area contributed by atoms with E-state index in [-0.39, 0.29) is 5.82 Å². The van der Waals surface area contributed by atoms with Crippen LogP contribution in [0.3, 0.4) is 0 Å². The Bertz CT molecular complexity index is 462. The van der Waals surface area contributed by atoms with E-state index in [0.717, 1.165) is 5.56 Å². The Morgan fingerprint density at radius 3 is 1.65 bits per heavy atom. The van der Waals surface area contributed by atoms with Gasteiger partial charge < -0.3 is 8.23 Å². The molecule has 0 radical (unpaired) electrons. The maximum absolute atomic E-state index is 14.4. The second kappa shape index (κ2) is 5.84. The van der Waals surface area contributed by atoms with Crippen LogP contribution in [0.2, 0.25) is 45.8 Å². The molecule has 0 aliphatic rings. The summed E-state index contributed by atoms with van der Waals surface area (Å²) >= 11 is 0. The highest BCUT2D eigenvalue weighted by Gasteiger charge is 2.43. The first-order valence-electron chi connectivity index (χ1n) is 6.99. The summed E-state index contributed by atoms with van der Waals surface area (Å²) in [5, 5.41) is 0.632. The molecule has 0 saturated heterocycles. The molecule has 0 amide bonds. The summed E-state index contributed by atoms with van der Waals surface area (Å²) in [5.41, 5.74) is 0.920. The highest BCUT2D eigenvalue weighted by Crippen LogP contribution is 2.22. The van der Waals surface area contributed by atoms with E-state index < -0.39 is 25.2 Å². The summed E-state index contributed by atoms with van der Waals surface area (Å²) in [5.74, 6) is -0.198. The summed E-state index contributed by atoms with van der Waals surface area (Å²) < 4.78 is 27.1. The Balaban J connectivity index is 3.29. The molecule has 0 atom stereocenters. The van der Waals surface area contributed by atoms with Gasteiger partial charge in [0.2, 0.25) is 0 Å². The fourth-order valence-corrected chi connectivity index (χ4v) is 13.9. The van der Waals surface area contributed by atoms with Gasteiger partial charge in [-0.15, -0.1) is 0 Å². The average molecular weight is 331 g/mol. The van der Waals surface area contributed by atoms with Crippen molar-refractivity contribution in [3.05, 3.63) is 29.6 Å². The highest BCUT2D eigenvalue weighted by atomic mass is 28.5. The molecule has 20 heavy (non-hydrogen) atoms. The van der Waals surface area contributed by atoms with Crippen molar-refractivity contribution in [1.29, 1.82) is 0 Å². The molecule has 0 bridgehead atoms. The molecule has 0 unspecified atom stereocenters. The van der Waals surface area contributed by atoms with E-state index in [1.54, 1.807) is 6.07 Å². The molecule has 1 aromatic carbocycles. The summed E-state index contributed by atoms with van der Waals surface area (Å²) in [6.45, 7) is 16.6. The van der Waals surface area contributed by atoms with Crippen molar-refractivity contribution in [3.63, 3.8) is 0 Å². The predicted octanol–water partition coefficient (Wildman–Crippen LogP) is 4.12. The number of halogens is 1. The van der Waals surface area contributed by atoms with Crippen LogP contribution in [-0.2, 0) is 8.23 Å². The zero-order chi connectivity index (χ0) is 15.8. The Labute approximate surface area is 125 Å². The van der Waals surface area contributed by atoms with Gasteiger partial charge in [0, 0.05) is 5.19 Å². The van der Waals surface area contributed by atoms with Gasteiger partial charge in [0.1, 0.15) is 5.82 Å². The lowest BCUT2D eigenvalue weighted by Gasteiger charge is -2.38. The lowest BCUT2D eigenvalue weighted by molar-refractivity contribution is 0.402. The number of hydrogen-bond acceptors (Lipinski definition) is 2. The number of rotatable bonds is 5. The highest BCUT2D eigenvalue weighted by molar-refractivity contribution is 6.94. The molecule has 1 rings (SSSR count). The fraction of sp³-hybridized carbons (Fsp3) is 0.571. The summed E-state index contributed by atoms with van der Waals surface area (Å²) in [4.78, 5) is 0. The molecule has 0 aromatic heterocycles. The first-order valence-corrected chi connectivity index (χ1v) is 16.1. The van der Waals surface area contributed by atoms with E-state index in [9.17, 15) is 4.39 Å². The quantitative estimate of drug-likeness (QED) is 0.756. The number of benzene rings is 1.